The molecule has 0 saturated heterocycles. The predicted octanol–water partition coefficient (Wildman–Crippen LogP) is 1.56. The number of likely N-dealkylation sites (N-methyl/N-ethyl adjacent to an activating group) is 1. The lowest BCUT2D eigenvalue weighted by molar-refractivity contribution is 0.0854. The van der Waals surface area contributed by atoms with Crippen LogP contribution >= 0.6 is 11.3 Å². The molecule has 0 aromatic carbocycles. The molecule has 16 heavy (non-hydrogen) atoms. The van der Waals surface area contributed by atoms with Gasteiger partial charge in [-0.2, -0.15) is 0 Å². The minimum Gasteiger partial charge on any atom is -0.380 e. The molecule has 2 unspecified atom stereocenters. The minimum absolute atomic E-state index is 0.185. The molecule has 0 aliphatic carbocycles. The Bertz CT molecular complexity index is 422. The maximum absolute atomic E-state index is 5.34. The van der Waals surface area contributed by atoms with Crippen molar-refractivity contribution in [3.05, 3.63) is 23.5 Å². The van der Waals surface area contributed by atoms with Gasteiger partial charge in [0, 0.05) is 37.3 Å². The maximum Gasteiger partial charge on any atom is 0.193 e. The van der Waals surface area contributed by atoms with E-state index in [0.717, 1.165) is 17.1 Å². The van der Waals surface area contributed by atoms with Crippen molar-refractivity contribution in [3.8, 4) is 0 Å². The molecule has 1 N–H and O–H groups in total. The molecule has 5 heteroatoms. The van der Waals surface area contributed by atoms with E-state index in [1.54, 1.807) is 18.4 Å². The number of hydrogen-bond acceptors (Lipinski definition) is 4. The molecule has 2 atom stereocenters. The highest BCUT2D eigenvalue weighted by atomic mass is 32.1. The van der Waals surface area contributed by atoms with E-state index in [0.29, 0.717) is 6.04 Å². The van der Waals surface area contributed by atoms with Gasteiger partial charge in [0.15, 0.2) is 4.96 Å². The van der Waals surface area contributed by atoms with Crippen LogP contribution in [0.4, 0.5) is 0 Å². The molecule has 0 spiro atoms. The van der Waals surface area contributed by atoms with Gasteiger partial charge in [0.05, 0.1) is 11.8 Å². The number of hydrogen-bond donors (Lipinski definition) is 1. The van der Waals surface area contributed by atoms with Crippen LogP contribution in [-0.4, -0.2) is 35.7 Å². The normalized spacial score (nSPS) is 15.4. The van der Waals surface area contributed by atoms with E-state index in [1.807, 2.05) is 18.6 Å². The van der Waals surface area contributed by atoms with Crippen LogP contribution in [0.2, 0.25) is 0 Å². The van der Waals surface area contributed by atoms with Crippen molar-refractivity contribution in [2.75, 3.05) is 14.2 Å². The maximum atomic E-state index is 5.34. The van der Waals surface area contributed by atoms with E-state index in [1.165, 1.54) is 0 Å². The second-order valence-corrected chi connectivity index (χ2v) is 4.74. The molecule has 0 aliphatic rings. The lowest BCUT2D eigenvalue weighted by Crippen LogP contribution is -2.38. The van der Waals surface area contributed by atoms with Crippen LogP contribution in [0.1, 0.15) is 12.6 Å². The fourth-order valence-corrected chi connectivity index (χ4v) is 2.49. The first-order valence-electron chi connectivity index (χ1n) is 5.35. The Hall–Kier alpha value is -0.910. The Morgan fingerprint density at radius 1 is 1.62 bits per heavy atom. The zero-order valence-corrected chi connectivity index (χ0v) is 10.6. The molecule has 0 bridgehead atoms. The van der Waals surface area contributed by atoms with Gasteiger partial charge in [-0.25, -0.2) is 4.98 Å². The highest BCUT2D eigenvalue weighted by molar-refractivity contribution is 7.15. The topological polar surface area (TPSA) is 38.6 Å². The van der Waals surface area contributed by atoms with Crippen LogP contribution in [0.3, 0.4) is 0 Å². The number of aromatic nitrogens is 2. The van der Waals surface area contributed by atoms with Gasteiger partial charge < -0.3 is 10.1 Å². The molecule has 0 saturated carbocycles. The Morgan fingerprint density at radius 3 is 3.06 bits per heavy atom. The van der Waals surface area contributed by atoms with Gasteiger partial charge in [-0.3, -0.25) is 4.40 Å². The van der Waals surface area contributed by atoms with E-state index < -0.39 is 0 Å². The highest BCUT2D eigenvalue weighted by Crippen LogP contribution is 2.13. The first-order valence-corrected chi connectivity index (χ1v) is 6.23. The van der Waals surface area contributed by atoms with Gasteiger partial charge >= 0.3 is 0 Å². The van der Waals surface area contributed by atoms with Crippen LogP contribution < -0.4 is 5.32 Å². The largest absolute Gasteiger partial charge is 0.380 e. The van der Waals surface area contributed by atoms with Crippen molar-refractivity contribution in [3.63, 3.8) is 0 Å². The smallest absolute Gasteiger partial charge is 0.193 e. The van der Waals surface area contributed by atoms with Crippen molar-refractivity contribution < 1.29 is 4.74 Å². The number of methoxy groups -OCH3 is 1. The average Bonchev–Trinajstić information content (AvgIpc) is 2.84. The summed E-state index contributed by atoms with van der Waals surface area (Å²) in [6.07, 6.45) is 5.19. The number of rotatable bonds is 5. The molecule has 4 nitrogen and oxygen atoms in total. The van der Waals surface area contributed by atoms with Gasteiger partial charge in [-0.1, -0.05) is 0 Å². The van der Waals surface area contributed by atoms with Crippen LogP contribution in [0.15, 0.2) is 17.8 Å². The number of nitrogens with zero attached hydrogens (tertiary/aromatic N) is 2. The van der Waals surface area contributed by atoms with E-state index in [9.17, 15) is 0 Å². The van der Waals surface area contributed by atoms with Crippen molar-refractivity contribution in [1.82, 2.24) is 14.7 Å². The Kier molecular flexibility index (Phi) is 3.58. The van der Waals surface area contributed by atoms with Crippen LogP contribution in [0.5, 0.6) is 0 Å². The molecule has 0 aliphatic heterocycles. The zero-order chi connectivity index (χ0) is 11.5. The molecule has 0 amide bonds. The van der Waals surface area contributed by atoms with Crippen molar-refractivity contribution in [2.45, 2.75) is 25.5 Å². The third-order valence-corrected chi connectivity index (χ3v) is 3.65. The summed E-state index contributed by atoms with van der Waals surface area (Å²) in [5.74, 6) is 0. The fourth-order valence-electron chi connectivity index (χ4n) is 1.77. The van der Waals surface area contributed by atoms with E-state index >= 15 is 0 Å². The third kappa shape index (κ3) is 2.26. The Labute approximate surface area is 99.3 Å². The monoisotopic (exact) mass is 239 g/mol. The number of thiazole rings is 1. The zero-order valence-electron chi connectivity index (χ0n) is 9.80. The average molecular weight is 239 g/mol. The summed E-state index contributed by atoms with van der Waals surface area (Å²) in [6, 6.07) is 0.301. The van der Waals surface area contributed by atoms with Crippen LogP contribution in [0, 0.1) is 0 Å². The van der Waals surface area contributed by atoms with Crippen molar-refractivity contribution >= 4 is 16.3 Å². The van der Waals surface area contributed by atoms with Gasteiger partial charge in [0.1, 0.15) is 0 Å². The van der Waals surface area contributed by atoms with Crippen molar-refractivity contribution in [2.24, 2.45) is 0 Å². The minimum atomic E-state index is 0.185. The molecule has 0 radical (unpaired) electrons. The van der Waals surface area contributed by atoms with Crippen molar-refractivity contribution in [1.29, 1.82) is 0 Å². The molecule has 2 heterocycles. The second kappa shape index (κ2) is 4.95. The number of nitrogens with one attached hydrogen (secondary N) is 1. The highest BCUT2D eigenvalue weighted by Gasteiger charge is 2.16. The van der Waals surface area contributed by atoms with Gasteiger partial charge in [0.2, 0.25) is 0 Å². The molecule has 2 aromatic rings. The van der Waals surface area contributed by atoms with Gasteiger partial charge in [-0.15, -0.1) is 11.3 Å². The Balaban J connectivity index is 2.10. The van der Waals surface area contributed by atoms with Gasteiger partial charge in [-0.05, 0) is 14.0 Å². The summed E-state index contributed by atoms with van der Waals surface area (Å²) in [7, 11) is 3.69. The van der Waals surface area contributed by atoms with E-state index in [2.05, 4.69) is 27.8 Å². The molecule has 88 valence electrons. The summed E-state index contributed by atoms with van der Waals surface area (Å²) in [5, 5.41) is 5.31. The first kappa shape index (κ1) is 11.6. The standard InChI is InChI=1S/C11H17N3OS/c1-8(15-3)10(12-2)6-9-7-14-4-5-16-11(14)13-9/h4-5,7-8,10,12H,6H2,1-3H3. The summed E-state index contributed by atoms with van der Waals surface area (Å²) < 4.78 is 7.40. The number of fused-ring (bicyclic) bond motifs is 1. The molecule has 2 rings (SSSR count). The third-order valence-electron chi connectivity index (χ3n) is 2.88. The summed E-state index contributed by atoms with van der Waals surface area (Å²) >= 11 is 1.66. The summed E-state index contributed by atoms with van der Waals surface area (Å²) in [6.45, 7) is 2.07. The van der Waals surface area contributed by atoms with E-state index in [-0.39, 0.29) is 6.10 Å². The molecule has 2 aromatic heterocycles. The summed E-state index contributed by atoms with van der Waals surface area (Å²) in [5.41, 5.74) is 1.11. The lowest BCUT2D eigenvalue weighted by atomic mass is 10.1. The molecular weight excluding hydrogens is 222 g/mol. The van der Waals surface area contributed by atoms with Crippen LogP contribution in [-0.2, 0) is 11.2 Å². The number of ether oxygens (including phenoxy) is 1. The first-order chi connectivity index (χ1) is 7.74. The van der Waals surface area contributed by atoms with Gasteiger partial charge in [0.25, 0.3) is 0 Å². The second-order valence-electron chi connectivity index (χ2n) is 3.87. The quantitative estimate of drug-likeness (QED) is 0.860. The number of imidazole rings is 1. The molecular formula is C11H17N3OS. The SMILES string of the molecule is CNC(Cc1cn2ccsc2n1)C(C)OC. The predicted molar refractivity (Wildman–Crippen MR) is 66.1 cm³/mol. The van der Waals surface area contributed by atoms with Crippen LogP contribution in [0.25, 0.3) is 4.96 Å². The fraction of sp³-hybridized carbons (Fsp3) is 0.545. The Morgan fingerprint density at radius 2 is 2.44 bits per heavy atom. The summed E-state index contributed by atoms with van der Waals surface area (Å²) in [4.78, 5) is 5.61. The van der Waals surface area contributed by atoms with E-state index in [4.69, 9.17) is 4.74 Å². The molecule has 0 fully saturated rings. The lowest BCUT2D eigenvalue weighted by Gasteiger charge is -2.21.